The molecule has 1 unspecified atom stereocenters. The molecule has 0 aromatic rings. The van der Waals surface area contributed by atoms with Gasteiger partial charge in [0.25, 0.3) is 0 Å². The maximum Gasteiger partial charge on any atom is 0.320 e. The van der Waals surface area contributed by atoms with Gasteiger partial charge in [0.15, 0.2) is 0 Å². The lowest BCUT2D eigenvalue weighted by molar-refractivity contribution is -0.150. The van der Waals surface area contributed by atoms with E-state index in [2.05, 4.69) is 0 Å². The van der Waals surface area contributed by atoms with E-state index in [0.29, 0.717) is 45.4 Å². The van der Waals surface area contributed by atoms with Crippen molar-refractivity contribution in [2.24, 2.45) is 17.1 Å². The average molecular weight is 283 g/mol. The number of carbonyl (C=O) groups excluding carboxylic acids is 2. The van der Waals surface area contributed by atoms with Gasteiger partial charge in [0.05, 0.1) is 11.3 Å². The Bertz CT molecular complexity index is 429. The molecule has 0 saturated carbocycles. The topological polar surface area (TPSA) is 104 Å². The second-order valence-electron chi connectivity index (χ2n) is 5.97. The molecule has 3 amide bonds. The maximum absolute atomic E-state index is 12.3. The van der Waals surface area contributed by atoms with Gasteiger partial charge in [0.1, 0.15) is 0 Å². The van der Waals surface area contributed by atoms with Crippen LogP contribution in [-0.4, -0.2) is 59.0 Å². The minimum Gasteiger partial charge on any atom is -0.481 e. The zero-order valence-corrected chi connectivity index (χ0v) is 11.7. The first-order chi connectivity index (χ1) is 9.33. The first-order valence-electron chi connectivity index (χ1n) is 6.90. The molecule has 0 aliphatic carbocycles. The molecule has 0 spiro atoms. The maximum atomic E-state index is 12.3. The minimum atomic E-state index is -0.806. The van der Waals surface area contributed by atoms with Crippen LogP contribution in [-0.2, 0) is 9.59 Å². The van der Waals surface area contributed by atoms with Crippen LogP contribution in [0.4, 0.5) is 4.79 Å². The number of likely N-dealkylation sites (tertiary alicyclic amines) is 2. The highest BCUT2D eigenvalue weighted by Crippen LogP contribution is 2.31. The molecule has 3 N–H and O–H groups in total. The van der Waals surface area contributed by atoms with E-state index in [1.807, 2.05) is 0 Å². The molecule has 7 nitrogen and oxygen atoms in total. The number of urea groups is 1. The lowest BCUT2D eigenvalue weighted by Gasteiger charge is -2.38. The SMILES string of the molecule is CC1(C(=O)O)CCN(C(=O)N2CCC(C(N)=O)C2)CC1. The summed E-state index contributed by atoms with van der Waals surface area (Å²) in [5.74, 6) is -1.43. The van der Waals surface area contributed by atoms with Gasteiger partial charge in [0, 0.05) is 26.2 Å². The van der Waals surface area contributed by atoms with Crippen molar-refractivity contribution in [3.63, 3.8) is 0 Å². The Hall–Kier alpha value is -1.79. The number of rotatable bonds is 2. The van der Waals surface area contributed by atoms with Crippen molar-refractivity contribution >= 4 is 17.9 Å². The smallest absolute Gasteiger partial charge is 0.320 e. The van der Waals surface area contributed by atoms with Crippen LogP contribution >= 0.6 is 0 Å². The summed E-state index contributed by atoms with van der Waals surface area (Å²) >= 11 is 0. The minimum absolute atomic E-state index is 0.110. The molecule has 0 bridgehead atoms. The van der Waals surface area contributed by atoms with E-state index in [9.17, 15) is 14.4 Å². The molecule has 2 aliphatic heterocycles. The number of nitrogens with zero attached hydrogens (tertiary/aromatic N) is 2. The first-order valence-corrected chi connectivity index (χ1v) is 6.90. The highest BCUT2D eigenvalue weighted by molar-refractivity contribution is 5.80. The fourth-order valence-electron chi connectivity index (χ4n) is 2.77. The van der Waals surface area contributed by atoms with E-state index in [4.69, 9.17) is 10.8 Å². The lowest BCUT2D eigenvalue weighted by Crippen LogP contribution is -2.49. The first kappa shape index (κ1) is 14.6. The van der Waals surface area contributed by atoms with Crippen molar-refractivity contribution in [1.29, 1.82) is 0 Å². The van der Waals surface area contributed by atoms with Crippen molar-refractivity contribution in [3.05, 3.63) is 0 Å². The standard InChI is InChI=1S/C13H21N3O4/c1-13(11(18)19)3-6-15(7-4-13)12(20)16-5-2-9(8-16)10(14)17/h9H,2-8H2,1H3,(H2,14,17)(H,18,19). The molecule has 2 fully saturated rings. The van der Waals surface area contributed by atoms with Crippen LogP contribution in [0.15, 0.2) is 0 Å². The van der Waals surface area contributed by atoms with E-state index < -0.39 is 11.4 Å². The molecule has 1 atom stereocenters. The Kier molecular flexibility index (Phi) is 3.87. The van der Waals surface area contributed by atoms with Gasteiger partial charge in [-0.1, -0.05) is 0 Å². The molecular formula is C13H21N3O4. The van der Waals surface area contributed by atoms with Crippen LogP contribution in [0.25, 0.3) is 0 Å². The third-order valence-corrected chi connectivity index (χ3v) is 4.51. The van der Waals surface area contributed by atoms with Gasteiger partial charge in [0.2, 0.25) is 5.91 Å². The van der Waals surface area contributed by atoms with Gasteiger partial charge >= 0.3 is 12.0 Å². The van der Waals surface area contributed by atoms with Crippen LogP contribution in [0.1, 0.15) is 26.2 Å². The van der Waals surface area contributed by atoms with Crippen LogP contribution < -0.4 is 5.73 Å². The van der Waals surface area contributed by atoms with Crippen molar-refractivity contribution in [1.82, 2.24) is 9.80 Å². The largest absolute Gasteiger partial charge is 0.481 e. The zero-order chi connectivity index (χ0) is 14.9. The third-order valence-electron chi connectivity index (χ3n) is 4.51. The lowest BCUT2D eigenvalue weighted by atomic mass is 9.80. The summed E-state index contributed by atoms with van der Waals surface area (Å²) in [5.41, 5.74) is 4.51. The second kappa shape index (κ2) is 5.30. The molecule has 112 valence electrons. The number of carboxylic acid groups (broad SMARTS) is 1. The molecule has 2 rings (SSSR count). The molecule has 2 saturated heterocycles. The zero-order valence-electron chi connectivity index (χ0n) is 11.7. The fraction of sp³-hybridized carbons (Fsp3) is 0.769. The molecule has 0 aromatic carbocycles. The van der Waals surface area contributed by atoms with E-state index in [1.165, 1.54) is 0 Å². The number of piperidine rings is 1. The van der Waals surface area contributed by atoms with Crippen LogP contribution in [0.5, 0.6) is 0 Å². The molecule has 0 aromatic heterocycles. The summed E-state index contributed by atoms with van der Waals surface area (Å²) in [6, 6.07) is -0.110. The normalized spacial score (nSPS) is 25.6. The Balaban J connectivity index is 1.90. The van der Waals surface area contributed by atoms with E-state index in [-0.39, 0.29) is 17.9 Å². The molecular weight excluding hydrogens is 262 g/mol. The van der Waals surface area contributed by atoms with Crippen molar-refractivity contribution in [2.45, 2.75) is 26.2 Å². The summed E-state index contributed by atoms with van der Waals surface area (Å²) in [5, 5.41) is 9.16. The Morgan fingerprint density at radius 3 is 2.20 bits per heavy atom. The number of hydrogen-bond acceptors (Lipinski definition) is 3. The number of amides is 3. The van der Waals surface area contributed by atoms with E-state index in [0.717, 1.165) is 0 Å². The fourth-order valence-corrected chi connectivity index (χ4v) is 2.77. The van der Waals surface area contributed by atoms with Crippen LogP contribution in [0.2, 0.25) is 0 Å². The molecule has 7 heteroatoms. The van der Waals surface area contributed by atoms with Crippen molar-refractivity contribution < 1.29 is 19.5 Å². The summed E-state index contributed by atoms with van der Waals surface area (Å²) in [6.45, 7) is 3.52. The third kappa shape index (κ3) is 2.71. The monoisotopic (exact) mass is 283 g/mol. The average Bonchev–Trinajstić information content (AvgIpc) is 2.88. The highest BCUT2D eigenvalue weighted by atomic mass is 16.4. The number of hydrogen-bond donors (Lipinski definition) is 2. The van der Waals surface area contributed by atoms with Crippen molar-refractivity contribution in [3.8, 4) is 0 Å². The summed E-state index contributed by atoms with van der Waals surface area (Å²) < 4.78 is 0. The number of aliphatic carboxylic acids is 1. The number of primary amides is 1. The van der Waals surface area contributed by atoms with Gasteiger partial charge in [-0.25, -0.2) is 4.79 Å². The summed E-state index contributed by atoms with van der Waals surface area (Å²) in [4.78, 5) is 37.9. The van der Waals surface area contributed by atoms with E-state index in [1.54, 1.807) is 16.7 Å². The van der Waals surface area contributed by atoms with Crippen LogP contribution in [0.3, 0.4) is 0 Å². The highest BCUT2D eigenvalue weighted by Gasteiger charge is 2.40. The van der Waals surface area contributed by atoms with Gasteiger partial charge in [-0.15, -0.1) is 0 Å². The van der Waals surface area contributed by atoms with Gasteiger partial charge in [-0.2, -0.15) is 0 Å². The van der Waals surface area contributed by atoms with E-state index >= 15 is 0 Å². The number of carboxylic acids is 1. The Morgan fingerprint density at radius 1 is 1.15 bits per heavy atom. The van der Waals surface area contributed by atoms with Gasteiger partial charge in [-0.05, 0) is 26.2 Å². The second-order valence-corrected chi connectivity index (χ2v) is 5.97. The van der Waals surface area contributed by atoms with Crippen molar-refractivity contribution in [2.75, 3.05) is 26.2 Å². The van der Waals surface area contributed by atoms with Gasteiger partial charge in [-0.3, -0.25) is 9.59 Å². The number of nitrogens with two attached hydrogens (primary N) is 1. The predicted molar refractivity (Wildman–Crippen MR) is 70.8 cm³/mol. The molecule has 0 radical (unpaired) electrons. The number of carbonyl (C=O) groups is 3. The molecule has 2 heterocycles. The Labute approximate surface area is 117 Å². The Morgan fingerprint density at radius 2 is 1.75 bits per heavy atom. The summed E-state index contributed by atoms with van der Waals surface area (Å²) in [7, 11) is 0. The van der Waals surface area contributed by atoms with Crippen LogP contribution in [0, 0.1) is 11.3 Å². The molecule has 2 aliphatic rings. The molecule has 20 heavy (non-hydrogen) atoms. The quantitative estimate of drug-likeness (QED) is 0.750. The van der Waals surface area contributed by atoms with Gasteiger partial charge < -0.3 is 20.6 Å². The summed E-state index contributed by atoms with van der Waals surface area (Å²) in [6.07, 6.45) is 1.53. The predicted octanol–water partition coefficient (Wildman–Crippen LogP) is 0.100.